The van der Waals surface area contributed by atoms with Crippen molar-refractivity contribution in [1.82, 2.24) is 10.2 Å². The summed E-state index contributed by atoms with van der Waals surface area (Å²) < 4.78 is 0. The van der Waals surface area contributed by atoms with E-state index in [1.165, 1.54) is 25.7 Å². The van der Waals surface area contributed by atoms with Gasteiger partial charge < -0.3 is 10.2 Å². The van der Waals surface area contributed by atoms with Crippen LogP contribution in [-0.2, 0) is 4.79 Å². The van der Waals surface area contributed by atoms with Gasteiger partial charge in [0.2, 0.25) is 5.91 Å². The van der Waals surface area contributed by atoms with Crippen molar-refractivity contribution in [3.63, 3.8) is 0 Å². The molecule has 0 aromatic carbocycles. The second-order valence-corrected chi connectivity index (χ2v) is 5.63. The molecule has 0 spiro atoms. The highest BCUT2D eigenvalue weighted by atomic mass is 16.1. The zero-order valence-electron chi connectivity index (χ0n) is 11.2. The Bertz CT molecular complexity index is 263. The number of nitrogens with zero attached hydrogens (tertiary/aromatic N) is 1. The van der Waals surface area contributed by atoms with Crippen LogP contribution in [0.4, 0.5) is 0 Å². The molecular weight excluding hydrogens is 212 g/mol. The van der Waals surface area contributed by atoms with Crippen LogP contribution in [0, 0.1) is 11.8 Å². The van der Waals surface area contributed by atoms with Crippen LogP contribution < -0.4 is 5.32 Å². The molecule has 1 N–H and O–H groups in total. The van der Waals surface area contributed by atoms with E-state index in [4.69, 9.17) is 0 Å². The van der Waals surface area contributed by atoms with E-state index in [1.54, 1.807) is 0 Å². The summed E-state index contributed by atoms with van der Waals surface area (Å²) in [6.07, 6.45) is 6.00. The number of hydrogen-bond donors (Lipinski definition) is 1. The van der Waals surface area contributed by atoms with Crippen molar-refractivity contribution in [3.05, 3.63) is 0 Å². The third-order valence-corrected chi connectivity index (χ3v) is 4.63. The summed E-state index contributed by atoms with van der Waals surface area (Å²) >= 11 is 0. The maximum Gasteiger partial charge on any atom is 0.221 e. The molecule has 0 radical (unpaired) electrons. The summed E-state index contributed by atoms with van der Waals surface area (Å²) in [5, 5.41) is 3.25. The average molecular weight is 238 g/mol. The largest absolute Gasteiger partial charge is 0.353 e. The van der Waals surface area contributed by atoms with Crippen molar-refractivity contribution < 1.29 is 4.79 Å². The maximum absolute atomic E-state index is 11.9. The summed E-state index contributed by atoms with van der Waals surface area (Å²) in [6.45, 7) is 7.28. The molecule has 0 aromatic heterocycles. The smallest absolute Gasteiger partial charge is 0.221 e. The number of carbonyl (C=O) groups is 1. The van der Waals surface area contributed by atoms with Crippen molar-refractivity contribution in [1.29, 1.82) is 0 Å². The number of rotatable bonds is 6. The van der Waals surface area contributed by atoms with Gasteiger partial charge in [-0.1, -0.05) is 20.3 Å². The van der Waals surface area contributed by atoms with Gasteiger partial charge in [-0.05, 0) is 44.2 Å². The monoisotopic (exact) mass is 238 g/mol. The highest BCUT2D eigenvalue weighted by Gasteiger charge is 2.39. The lowest BCUT2D eigenvalue weighted by Crippen LogP contribution is -2.40. The number of nitrogens with one attached hydrogen (secondary N) is 1. The summed E-state index contributed by atoms with van der Waals surface area (Å²) in [7, 11) is 0. The second-order valence-electron chi connectivity index (χ2n) is 5.63. The fourth-order valence-corrected chi connectivity index (χ4v) is 3.50. The van der Waals surface area contributed by atoms with Gasteiger partial charge in [0.15, 0.2) is 0 Å². The van der Waals surface area contributed by atoms with E-state index in [0.717, 1.165) is 31.5 Å². The standard InChI is InChI=1S/C14H26N2O/c1-3-16(4-2)8-7-14(17)15-13-10-11-5-6-12(13)9-11/h11-13H,3-10H2,1-2H3,(H,15,17)/t11-,12-,13+/m0/s1. The predicted molar refractivity (Wildman–Crippen MR) is 69.8 cm³/mol. The minimum atomic E-state index is 0.259. The van der Waals surface area contributed by atoms with E-state index in [1.807, 2.05) is 0 Å². The van der Waals surface area contributed by atoms with Gasteiger partial charge in [-0.3, -0.25) is 4.79 Å². The molecule has 2 bridgehead atoms. The summed E-state index contributed by atoms with van der Waals surface area (Å²) in [5.74, 6) is 1.96. The minimum absolute atomic E-state index is 0.259. The molecule has 1 amide bonds. The second kappa shape index (κ2) is 5.85. The van der Waals surface area contributed by atoms with Crippen molar-refractivity contribution in [2.24, 2.45) is 11.8 Å². The summed E-state index contributed by atoms with van der Waals surface area (Å²) in [5.41, 5.74) is 0. The highest BCUT2D eigenvalue weighted by Crippen LogP contribution is 2.44. The molecule has 3 atom stereocenters. The molecule has 17 heavy (non-hydrogen) atoms. The lowest BCUT2D eigenvalue weighted by Gasteiger charge is -2.24. The van der Waals surface area contributed by atoms with E-state index in [0.29, 0.717) is 12.5 Å². The van der Waals surface area contributed by atoms with E-state index >= 15 is 0 Å². The van der Waals surface area contributed by atoms with Crippen LogP contribution >= 0.6 is 0 Å². The molecular formula is C14H26N2O. The first-order valence-electron chi connectivity index (χ1n) is 7.24. The lowest BCUT2D eigenvalue weighted by molar-refractivity contribution is -0.122. The molecule has 0 heterocycles. The molecule has 0 aliphatic heterocycles. The van der Waals surface area contributed by atoms with Gasteiger partial charge in [-0.25, -0.2) is 0 Å². The topological polar surface area (TPSA) is 32.3 Å². The molecule has 98 valence electrons. The lowest BCUT2D eigenvalue weighted by atomic mass is 9.95. The van der Waals surface area contributed by atoms with Gasteiger partial charge in [0.1, 0.15) is 0 Å². The van der Waals surface area contributed by atoms with Crippen molar-refractivity contribution >= 4 is 5.91 Å². The van der Waals surface area contributed by atoms with Crippen molar-refractivity contribution in [3.8, 4) is 0 Å². The Morgan fingerprint density at radius 1 is 1.24 bits per heavy atom. The van der Waals surface area contributed by atoms with Crippen molar-refractivity contribution in [2.75, 3.05) is 19.6 Å². The normalized spacial score (nSPS) is 31.1. The molecule has 0 aromatic rings. The van der Waals surface area contributed by atoms with E-state index in [9.17, 15) is 4.79 Å². The Kier molecular flexibility index (Phi) is 4.43. The third-order valence-electron chi connectivity index (χ3n) is 4.63. The van der Waals surface area contributed by atoms with Crippen LogP contribution in [0.15, 0.2) is 0 Å². The van der Waals surface area contributed by atoms with Gasteiger partial charge in [0.05, 0.1) is 0 Å². The van der Waals surface area contributed by atoms with Crippen molar-refractivity contribution in [2.45, 2.75) is 52.0 Å². The van der Waals surface area contributed by atoms with Crippen LogP contribution in [-0.4, -0.2) is 36.5 Å². The summed E-state index contributed by atoms with van der Waals surface area (Å²) in [4.78, 5) is 14.2. The fourth-order valence-electron chi connectivity index (χ4n) is 3.50. The van der Waals surface area contributed by atoms with E-state index in [-0.39, 0.29) is 5.91 Å². The van der Waals surface area contributed by atoms with Gasteiger partial charge in [0, 0.05) is 19.0 Å². The first-order chi connectivity index (χ1) is 8.22. The molecule has 2 saturated carbocycles. The maximum atomic E-state index is 11.9. The van der Waals surface area contributed by atoms with Gasteiger partial charge >= 0.3 is 0 Å². The Balaban J connectivity index is 1.67. The van der Waals surface area contributed by atoms with Crippen LogP contribution in [0.25, 0.3) is 0 Å². The first kappa shape index (κ1) is 12.9. The Morgan fingerprint density at radius 2 is 2.00 bits per heavy atom. The van der Waals surface area contributed by atoms with E-state index in [2.05, 4.69) is 24.1 Å². The zero-order chi connectivity index (χ0) is 12.3. The number of amides is 1. The third kappa shape index (κ3) is 3.21. The van der Waals surface area contributed by atoms with Gasteiger partial charge in [0.25, 0.3) is 0 Å². The number of hydrogen-bond acceptors (Lipinski definition) is 2. The number of fused-ring (bicyclic) bond motifs is 2. The predicted octanol–water partition coefficient (Wildman–Crippen LogP) is 2.02. The molecule has 2 aliphatic rings. The SMILES string of the molecule is CCN(CC)CCC(=O)N[C@@H]1C[C@H]2CC[C@H]1C2. The molecule has 2 rings (SSSR count). The molecule has 3 nitrogen and oxygen atoms in total. The molecule has 3 heteroatoms. The zero-order valence-corrected chi connectivity index (χ0v) is 11.2. The molecule has 2 aliphatic carbocycles. The first-order valence-corrected chi connectivity index (χ1v) is 7.24. The van der Waals surface area contributed by atoms with Crippen LogP contribution in [0.3, 0.4) is 0 Å². The van der Waals surface area contributed by atoms with Gasteiger partial charge in [-0.15, -0.1) is 0 Å². The molecule has 0 saturated heterocycles. The summed E-state index contributed by atoms with van der Waals surface area (Å²) in [6, 6.07) is 0.498. The average Bonchev–Trinajstić information content (AvgIpc) is 2.92. The fraction of sp³-hybridized carbons (Fsp3) is 0.929. The van der Waals surface area contributed by atoms with E-state index < -0.39 is 0 Å². The Morgan fingerprint density at radius 3 is 2.53 bits per heavy atom. The Hall–Kier alpha value is -0.570. The van der Waals surface area contributed by atoms with Gasteiger partial charge in [-0.2, -0.15) is 0 Å². The number of carbonyl (C=O) groups excluding carboxylic acids is 1. The molecule has 2 fully saturated rings. The Labute approximate surface area is 105 Å². The molecule has 0 unspecified atom stereocenters. The van der Waals surface area contributed by atoms with Crippen LogP contribution in [0.5, 0.6) is 0 Å². The minimum Gasteiger partial charge on any atom is -0.353 e. The quantitative estimate of drug-likeness (QED) is 0.768. The van der Waals surface area contributed by atoms with Crippen LogP contribution in [0.2, 0.25) is 0 Å². The highest BCUT2D eigenvalue weighted by molar-refractivity contribution is 5.76. The van der Waals surface area contributed by atoms with Crippen LogP contribution in [0.1, 0.15) is 46.0 Å².